The molecule has 0 N–H and O–H groups in total. The van der Waals surface area contributed by atoms with E-state index in [4.69, 9.17) is 9.47 Å². The first-order valence-electron chi connectivity index (χ1n) is 8.78. The Morgan fingerprint density at radius 1 is 1.03 bits per heavy atom. The first-order valence-corrected chi connectivity index (χ1v) is 11.4. The molecule has 2 aromatic carbocycles. The highest BCUT2D eigenvalue weighted by molar-refractivity contribution is 9.10. The number of methoxy groups -OCH3 is 1. The van der Waals surface area contributed by atoms with Crippen molar-refractivity contribution in [3.63, 3.8) is 0 Å². The molecule has 1 amide bonds. The van der Waals surface area contributed by atoms with Gasteiger partial charge in [0.15, 0.2) is 0 Å². The Morgan fingerprint density at radius 2 is 1.60 bits per heavy atom. The third kappa shape index (κ3) is 4.98. The Labute approximate surface area is 183 Å². The van der Waals surface area contributed by atoms with E-state index in [0.29, 0.717) is 20.3 Å². The van der Waals surface area contributed by atoms with Gasteiger partial charge in [-0.15, -0.1) is 0 Å². The molecule has 0 fully saturated rings. The molecular formula is C21H19BrN2O5S. The number of hydrogen-bond acceptors (Lipinski definition) is 6. The van der Waals surface area contributed by atoms with Crippen LogP contribution in [0.15, 0.2) is 65.3 Å². The van der Waals surface area contributed by atoms with E-state index in [1.807, 2.05) is 31.2 Å². The number of nitrogens with zero attached hydrogens (tertiary/aromatic N) is 2. The number of anilines is 1. The van der Waals surface area contributed by atoms with E-state index in [0.717, 1.165) is 11.8 Å². The molecule has 0 saturated carbocycles. The number of benzene rings is 2. The van der Waals surface area contributed by atoms with E-state index in [1.165, 1.54) is 31.5 Å². The van der Waals surface area contributed by atoms with Crippen LogP contribution >= 0.6 is 15.9 Å². The second-order valence-electron chi connectivity index (χ2n) is 6.45. The first kappa shape index (κ1) is 21.8. The molecule has 0 saturated heterocycles. The van der Waals surface area contributed by atoms with Gasteiger partial charge >= 0.3 is 0 Å². The third-order valence-corrected chi connectivity index (χ3v) is 5.56. The van der Waals surface area contributed by atoms with Gasteiger partial charge in [0.1, 0.15) is 17.1 Å². The zero-order valence-corrected chi connectivity index (χ0v) is 18.9. The van der Waals surface area contributed by atoms with Crippen molar-refractivity contribution in [1.82, 2.24) is 4.98 Å². The number of carbonyl (C=O) groups excluding carboxylic acids is 1. The normalized spacial score (nSPS) is 11.1. The smallest absolute Gasteiger partial charge is 0.277 e. The summed E-state index contributed by atoms with van der Waals surface area (Å²) in [4.78, 5) is 17.1. The Morgan fingerprint density at radius 3 is 2.13 bits per heavy atom. The first-order chi connectivity index (χ1) is 14.2. The van der Waals surface area contributed by atoms with Crippen molar-refractivity contribution in [2.24, 2.45) is 0 Å². The molecular weight excluding hydrogens is 472 g/mol. The van der Waals surface area contributed by atoms with E-state index >= 15 is 0 Å². The van der Waals surface area contributed by atoms with Crippen molar-refractivity contribution in [1.29, 1.82) is 0 Å². The predicted octanol–water partition coefficient (Wildman–Crippen LogP) is 4.56. The number of hydrogen-bond donors (Lipinski definition) is 0. The summed E-state index contributed by atoms with van der Waals surface area (Å²) in [5.41, 5.74) is 1.29. The fraction of sp³-hybridized carbons (Fsp3) is 0.143. The minimum atomic E-state index is -3.94. The lowest BCUT2D eigenvalue weighted by molar-refractivity contribution is 0.100. The van der Waals surface area contributed by atoms with Gasteiger partial charge in [0.2, 0.25) is 15.9 Å². The standard InChI is InChI=1S/C21H19BrN2O5S/c1-14-4-8-17(9-5-14)29-18-10-6-16(7-11-18)24(30(3,26)27)21(25)19-12-15(22)13-23-20(19)28-2/h4-13H,1-3H3. The fourth-order valence-electron chi connectivity index (χ4n) is 2.70. The van der Waals surface area contributed by atoms with Crippen LogP contribution in [0.3, 0.4) is 0 Å². The summed E-state index contributed by atoms with van der Waals surface area (Å²) in [7, 11) is -2.58. The summed E-state index contributed by atoms with van der Waals surface area (Å²) >= 11 is 3.24. The minimum Gasteiger partial charge on any atom is -0.480 e. The third-order valence-electron chi connectivity index (χ3n) is 4.09. The highest BCUT2D eigenvalue weighted by atomic mass is 79.9. The highest BCUT2D eigenvalue weighted by Gasteiger charge is 2.29. The van der Waals surface area contributed by atoms with Crippen LogP contribution in [-0.4, -0.2) is 32.7 Å². The molecule has 1 aromatic heterocycles. The predicted molar refractivity (Wildman–Crippen MR) is 118 cm³/mol. The van der Waals surface area contributed by atoms with Gasteiger partial charge < -0.3 is 9.47 Å². The Bertz CT molecular complexity index is 1160. The molecule has 7 nitrogen and oxygen atoms in total. The number of pyridine rings is 1. The van der Waals surface area contributed by atoms with Crippen LogP contribution < -0.4 is 13.8 Å². The van der Waals surface area contributed by atoms with Crippen LogP contribution in [0.25, 0.3) is 0 Å². The van der Waals surface area contributed by atoms with Gasteiger partial charge in [0, 0.05) is 10.7 Å². The number of rotatable bonds is 6. The number of aromatic nitrogens is 1. The minimum absolute atomic E-state index is 0.0114. The quantitative estimate of drug-likeness (QED) is 0.503. The monoisotopic (exact) mass is 490 g/mol. The molecule has 156 valence electrons. The molecule has 0 spiro atoms. The van der Waals surface area contributed by atoms with E-state index in [-0.39, 0.29) is 17.1 Å². The van der Waals surface area contributed by atoms with Crippen LogP contribution in [0, 0.1) is 6.92 Å². The topological polar surface area (TPSA) is 85.8 Å². The molecule has 3 aromatic rings. The van der Waals surface area contributed by atoms with Crippen molar-refractivity contribution >= 4 is 37.5 Å². The molecule has 9 heteroatoms. The van der Waals surface area contributed by atoms with Crippen LogP contribution in [-0.2, 0) is 10.0 Å². The number of halogens is 1. The van der Waals surface area contributed by atoms with Crippen molar-refractivity contribution in [3.05, 3.63) is 76.4 Å². The van der Waals surface area contributed by atoms with Gasteiger partial charge in [0.05, 0.1) is 19.1 Å². The van der Waals surface area contributed by atoms with Crippen LogP contribution in [0.2, 0.25) is 0 Å². The molecule has 0 bridgehead atoms. The molecule has 0 aliphatic carbocycles. The second kappa shape index (κ2) is 8.85. The Kier molecular flexibility index (Phi) is 6.42. The molecule has 0 unspecified atom stereocenters. The number of ether oxygens (including phenoxy) is 2. The van der Waals surface area contributed by atoms with Gasteiger partial charge in [-0.3, -0.25) is 4.79 Å². The summed E-state index contributed by atoms with van der Waals surface area (Å²) < 4.78 is 37.0. The lowest BCUT2D eigenvalue weighted by Crippen LogP contribution is -2.36. The maximum Gasteiger partial charge on any atom is 0.277 e. The van der Waals surface area contributed by atoms with Gasteiger partial charge in [-0.05, 0) is 65.3 Å². The summed E-state index contributed by atoms with van der Waals surface area (Å²) in [6.07, 6.45) is 2.41. The zero-order valence-electron chi connectivity index (χ0n) is 16.5. The lowest BCUT2D eigenvalue weighted by atomic mass is 10.2. The van der Waals surface area contributed by atoms with Crippen molar-refractivity contribution in [2.45, 2.75) is 6.92 Å². The molecule has 0 radical (unpaired) electrons. The van der Waals surface area contributed by atoms with Gasteiger partial charge in [-0.25, -0.2) is 17.7 Å². The number of amides is 1. The molecule has 0 aliphatic heterocycles. The molecule has 0 atom stereocenters. The largest absolute Gasteiger partial charge is 0.480 e. The Hall–Kier alpha value is -2.91. The molecule has 30 heavy (non-hydrogen) atoms. The molecule has 0 aliphatic rings. The van der Waals surface area contributed by atoms with Crippen molar-refractivity contribution < 1.29 is 22.7 Å². The van der Waals surface area contributed by atoms with Gasteiger partial charge in [0.25, 0.3) is 5.91 Å². The summed E-state index contributed by atoms with van der Waals surface area (Å²) in [6, 6.07) is 15.2. The number of carbonyl (C=O) groups is 1. The van der Waals surface area contributed by atoms with Crippen molar-refractivity contribution in [2.75, 3.05) is 17.7 Å². The van der Waals surface area contributed by atoms with E-state index in [9.17, 15) is 13.2 Å². The van der Waals surface area contributed by atoms with E-state index in [2.05, 4.69) is 20.9 Å². The summed E-state index contributed by atoms with van der Waals surface area (Å²) in [5.74, 6) is 0.395. The number of sulfonamides is 1. The van der Waals surface area contributed by atoms with E-state index in [1.54, 1.807) is 12.1 Å². The second-order valence-corrected chi connectivity index (χ2v) is 9.20. The lowest BCUT2D eigenvalue weighted by Gasteiger charge is -2.21. The zero-order chi connectivity index (χ0) is 21.9. The Balaban J connectivity index is 1.94. The van der Waals surface area contributed by atoms with Crippen molar-refractivity contribution in [3.8, 4) is 17.4 Å². The van der Waals surface area contributed by atoms with Crippen LogP contribution in [0.1, 0.15) is 15.9 Å². The van der Waals surface area contributed by atoms with Gasteiger partial charge in [-0.2, -0.15) is 0 Å². The van der Waals surface area contributed by atoms with Crippen LogP contribution in [0.5, 0.6) is 17.4 Å². The maximum absolute atomic E-state index is 13.1. The maximum atomic E-state index is 13.1. The highest BCUT2D eigenvalue weighted by Crippen LogP contribution is 2.29. The SMILES string of the molecule is COc1ncc(Br)cc1C(=O)N(c1ccc(Oc2ccc(C)cc2)cc1)S(C)(=O)=O. The summed E-state index contributed by atoms with van der Waals surface area (Å²) in [5, 5.41) is 0. The molecule has 3 rings (SSSR count). The van der Waals surface area contributed by atoms with E-state index < -0.39 is 15.9 Å². The summed E-state index contributed by atoms with van der Waals surface area (Å²) in [6.45, 7) is 1.98. The average Bonchev–Trinajstić information content (AvgIpc) is 2.70. The average molecular weight is 491 g/mol. The van der Waals surface area contributed by atoms with Gasteiger partial charge in [-0.1, -0.05) is 17.7 Å². The van der Waals surface area contributed by atoms with Crippen LogP contribution in [0.4, 0.5) is 5.69 Å². The number of aryl methyl sites for hydroxylation is 1. The fourth-order valence-corrected chi connectivity index (χ4v) is 3.94. The molecule has 1 heterocycles.